The van der Waals surface area contributed by atoms with Gasteiger partial charge in [0.05, 0.1) is 12.7 Å². The average Bonchev–Trinajstić information content (AvgIpc) is 2.93. The summed E-state index contributed by atoms with van der Waals surface area (Å²) in [5.41, 5.74) is 1.98. The van der Waals surface area contributed by atoms with Gasteiger partial charge in [0.2, 0.25) is 5.91 Å². The molecular weight excluding hydrogens is 252 g/mol. The molecule has 0 aromatic heterocycles. The van der Waals surface area contributed by atoms with Gasteiger partial charge in [0.1, 0.15) is 0 Å². The molecule has 0 saturated heterocycles. The third-order valence-electron chi connectivity index (χ3n) is 3.58. The monoisotopic (exact) mass is 276 g/mol. The summed E-state index contributed by atoms with van der Waals surface area (Å²) in [6.07, 6.45) is 5.52. The van der Waals surface area contributed by atoms with E-state index < -0.39 is 0 Å². The van der Waals surface area contributed by atoms with Crippen LogP contribution < -0.4 is 10.6 Å². The highest BCUT2D eigenvalue weighted by Crippen LogP contribution is 2.20. The van der Waals surface area contributed by atoms with E-state index in [9.17, 15) is 4.79 Å². The number of hydrogen-bond donors (Lipinski definition) is 2. The van der Waals surface area contributed by atoms with E-state index in [1.807, 2.05) is 24.3 Å². The summed E-state index contributed by atoms with van der Waals surface area (Å²) in [7, 11) is 0. The standard InChI is InChI=1S/C16H24N2O2/c1-13(19)18-16-9-5-2-6-14(16)12-17-10-11-20-15-7-3-4-8-15/h2,5-6,9,15,17H,3-4,7-8,10-12H2,1H3,(H,18,19). The first-order valence-electron chi connectivity index (χ1n) is 7.43. The molecular formula is C16H24N2O2. The molecule has 1 fully saturated rings. The van der Waals surface area contributed by atoms with Crippen LogP contribution in [0.3, 0.4) is 0 Å². The predicted molar refractivity (Wildman–Crippen MR) is 80.7 cm³/mol. The minimum Gasteiger partial charge on any atom is -0.377 e. The van der Waals surface area contributed by atoms with Crippen LogP contribution in [0.4, 0.5) is 5.69 Å². The molecule has 1 aromatic rings. The molecule has 1 aliphatic carbocycles. The van der Waals surface area contributed by atoms with E-state index in [4.69, 9.17) is 4.74 Å². The molecule has 0 radical (unpaired) electrons. The smallest absolute Gasteiger partial charge is 0.221 e. The van der Waals surface area contributed by atoms with Gasteiger partial charge in [0.15, 0.2) is 0 Å². The number of anilines is 1. The summed E-state index contributed by atoms with van der Waals surface area (Å²) in [5, 5.41) is 6.21. The van der Waals surface area contributed by atoms with E-state index >= 15 is 0 Å². The highest BCUT2D eigenvalue weighted by molar-refractivity contribution is 5.89. The highest BCUT2D eigenvalue weighted by Gasteiger charge is 2.14. The van der Waals surface area contributed by atoms with Gasteiger partial charge < -0.3 is 15.4 Å². The Kier molecular flexibility index (Phi) is 6.02. The Morgan fingerprint density at radius 3 is 2.80 bits per heavy atom. The van der Waals surface area contributed by atoms with E-state index in [1.54, 1.807) is 0 Å². The van der Waals surface area contributed by atoms with Gasteiger partial charge in [0, 0.05) is 25.7 Å². The second kappa shape index (κ2) is 8.02. The zero-order valence-electron chi connectivity index (χ0n) is 12.2. The number of hydrogen-bond acceptors (Lipinski definition) is 3. The molecule has 1 aliphatic rings. The molecule has 1 amide bonds. The van der Waals surface area contributed by atoms with Gasteiger partial charge in [-0.1, -0.05) is 31.0 Å². The van der Waals surface area contributed by atoms with Crippen LogP contribution >= 0.6 is 0 Å². The molecule has 0 bridgehead atoms. The van der Waals surface area contributed by atoms with E-state index in [1.165, 1.54) is 32.6 Å². The fourth-order valence-corrected chi connectivity index (χ4v) is 2.56. The summed E-state index contributed by atoms with van der Waals surface area (Å²) in [6.45, 7) is 3.86. The minimum absolute atomic E-state index is 0.0398. The Morgan fingerprint density at radius 2 is 2.05 bits per heavy atom. The van der Waals surface area contributed by atoms with Gasteiger partial charge in [0.25, 0.3) is 0 Å². The molecule has 110 valence electrons. The number of rotatable bonds is 7. The lowest BCUT2D eigenvalue weighted by molar-refractivity contribution is -0.114. The molecule has 4 nitrogen and oxygen atoms in total. The first-order chi connectivity index (χ1) is 9.75. The van der Waals surface area contributed by atoms with E-state index in [0.717, 1.165) is 30.9 Å². The second-order valence-electron chi connectivity index (χ2n) is 5.29. The topological polar surface area (TPSA) is 50.4 Å². The lowest BCUT2D eigenvalue weighted by Gasteiger charge is -2.13. The molecule has 0 atom stereocenters. The number of nitrogens with one attached hydrogen (secondary N) is 2. The molecule has 0 heterocycles. The molecule has 2 N–H and O–H groups in total. The third kappa shape index (κ3) is 4.94. The van der Waals surface area contributed by atoms with Crippen LogP contribution in [-0.2, 0) is 16.1 Å². The van der Waals surface area contributed by atoms with Crippen LogP contribution in [-0.4, -0.2) is 25.2 Å². The van der Waals surface area contributed by atoms with E-state index in [-0.39, 0.29) is 5.91 Å². The number of benzene rings is 1. The Labute approximate surface area is 120 Å². The Bertz CT molecular complexity index is 428. The fourth-order valence-electron chi connectivity index (χ4n) is 2.56. The summed E-state index contributed by atoms with van der Waals surface area (Å²) >= 11 is 0. The van der Waals surface area contributed by atoms with Gasteiger partial charge in [-0.25, -0.2) is 0 Å². The molecule has 0 spiro atoms. The van der Waals surface area contributed by atoms with Crippen molar-refractivity contribution in [1.29, 1.82) is 0 Å². The van der Waals surface area contributed by atoms with Crippen molar-refractivity contribution in [3.63, 3.8) is 0 Å². The van der Waals surface area contributed by atoms with Crippen molar-refractivity contribution >= 4 is 11.6 Å². The maximum Gasteiger partial charge on any atom is 0.221 e. The van der Waals surface area contributed by atoms with Crippen molar-refractivity contribution in [2.24, 2.45) is 0 Å². The number of amides is 1. The van der Waals surface area contributed by atoms with Crippen LogP contribution in [0.1, 0.15) is 38.2 Å². The van der Waals surface area contributed by atoms with Crippen molar-refractivity contribution in [3.05, 3.63) is 29.8 Å². The van der Waals surface area contributed by atoms with Crippen molar-refractivity contribution < 1.29 is 9.53 Å². The van der Waals surface area contributed by atoms with Gasteiger partial charge in [-0.05, 0) is 24.5 Å². The largest absolute Gasteiger partial charge is 0.377 e. The number of ether oxygens (including phenoxy) is 1. The Morgan fingerprint density at radius 1 is 1.30 bits per heavy atom. The summed E-state index contributed by atoms with van der Waals surface area (Å²) in [6, 6.07) is 7.86. The predicted octanol–water partition coefficient (Wildman–Crippen LogP) is 2.69. The average molecular weight is 276 g/mol. The van der Waals surface area contributed by atoms with E-state index in [2.05, 4.69) is 10.6 Å². The number of carbonyl (C=O) groups excluding carboxylic acids is 1. The molecule has 20 heavy (non-hydrogen) atoms. The van der Waals surface area contributed by atoms with Gasteiger partial charge >= 0.3 is 0 Å². The van der Waals surface area contributed by atoms with Crippen molar-refractivity contribution in [2.75, 3.05) is 18.5 Å². The van der Waals surface area contributed by atoms with Crippen molar-refractivity contribution in [1.82, 2.24) is 5.32 Å². The first-order valence-corrected chi connectivity index (χ1v) is 7.43. The van der Waals surface area contributed by atoms with Crippen molar-refractivity contribution in [3.8, 4) is 0 Å². The summed E-state index contributed by atoms with van der Waals surface area (Å²) in [5.74, 6) is -0.0398. The lowest BCUT2D eigenvalue weighted by atomic mass is 10.1. The van der Waals surface area contributed by atoms with Gasteiger partial charge in [-0.2, -0.15) is 0 Å². The van der Waals surface area contributed by atoms with Crippen LogP contribution in [0.15, 0.2) is 24.3 Å². The molecule has 0 unspecified atom stereocenters. The SMILES string of the molecule is CC(=O)Nc1ccccc1CNCCOC1CCCC1. The summed E-state index contributed by atoms with van der Waals surface area (Å²) < 4.78 is 5.80. The third-order valence-corrected chi connectivity index (χ3v) is 3.58. The highest BCUT2D eigenvalue weighted by atomic mass is 16.5. The molecule has 4 heteroatoms. The number of para-hydroxylation sites is 1. The van der Waals surface area contributed by atoms with E-state index in [0.29, 0.717) is 6.10 Å². The van der Waals surface area contributed by atoms with Crippen molar-refractivity contribution in [2.45, 2.75) is 45.3 Å². The van der Waals surface area contributed by atoms with Gasteiger partial charge in [-0.15, -0.1) is 0 Å². The van der Waals surface area contributed by atoms with Crippen LogP contribution in [0.25, 0.3) is 0 Å². The fraction of sp³-hybridized carbons (Fsp3) is 0.562. The van der Waals surface area contributed by atoms with Gasteiger partial charge in [-0.3, -0.25) is 4.79 Å². The molecule has 1 aromatic carbocycles. The normalized spacial score (nSPS) is 15.4. The zero-order chi connectivity index (χ0) is 14.2. The lowest BCUT2D eigenvalue weighted by Crippen LogP contribution is -2.22. The minimum atomic E-state index is -0.0398. The summed E-state index contributed by atoms with van der Waals surface area (Å²) in [4.78, 5) is 11.1. The second-order valence-corrected chi connectivity index (χ2v) is 5.29. The quantitative estimate of drug-likeness (QED) is 0.753. The Balaban J connectivity index is 1.69. The maximum atomic E-state index is 11.1. The number of carbonyl (C=O) groups is 1. The maximum absolute atomic E-state index is 11.1. The van der Waals surface area contributed by atoms with Crippen LogP contribution in [0.2, 0.25) is 0 Å². The van der Waals surface area contributed by atoms with Crippen LogP contribution in [0.5, 0.6) is 0 Å². The molecule has 0 aliphatic heterocycles. The first kappa shape index (κ1) is 15.0. The Hall–Kier alpha value is -1.39. The molecule has 1 saturated carbocycles. The molecule has 2 rings (SSSR count). The zero-order valence-corrected chi connectivity index (χ0v) is 12.2. The van der Waals surface area contributed by atoms with Crippen LogP contribution in [0, 0.1) is 0 Å².